The van der Waals surface area contributed by atoms with E-state index in [2.05, 4.69) is 9.97 Å². The topological polar surface area (TPSA) is 63.1 Å². The fraction of sp³-hybridized carbons (Fsp3) is 0. The van der Waals surface area contributed by atoms with E-state index >= 15 is 0 Å². The third kappa shape index (κ3) is 1.22. The molecule has 0 bridgehead atoms. The summed E-state index contributed by atoms with van der Waals surface area (Å²) in [6.45, 7) is 0. The van der Waals surface area contributed by atoms with Gasteiger partial charge in [-0.15, -0.1) is 0 Å². The van der Waals surface area contributed by atoms with Crippen LogP contribution in [0.25, 0.3) is 10.9 Å². The van der Waals surface area contributed by atoms with Crippen molar-refractivity contribution in [3.05, 3.63) is 30.2 Å². The molecule has 0 spiro atoms. The van der Waals surface area contributed by atoms with E-state index in [1.165, 1.54) is 12.3 Å². The quantitative estimate of drug-likeness (QED) is 0.658. The lowest BCUT2D eigenvalue weighted by Gasteiger charge is -1.98. The number of hydrogen-bond donors (Lipinski definition) is 1. The van der Waals surface area contributed by atoms with E-state index in [4.69, 9.17) is 0 Å². The van der Waals surface area contributed by atoms with Gasteiger partial charge in [-0.25, -0.2) is 9.97 Å². The van der Waals surface area contributed by atoms with Gasteiger partial charge in [0.25, 0.3) is 0 Å². The molecule has 1 aromatic heterocycles. The molecule has 0 atom stereocenters. The molecule has 0 saturated heterocycles. The molecular weight excluding hydrogens is 168 g/mol. The van der Waals surface area contributed by atoms with Gasteiger partial charge in [0.15, 0.2) is 12.1 Å². The highest BCUT2D eigenvalue weighted by molar-refractivity contribution is 5.85. The van der Waals surface area contributed by atoms with Crippen LogP contribution < -0.4 is 0 Å². The minimum atomic E-state index is 0.0583. The Balaban J connectivity index is 2.81. The van der Waals surface area contributed by atoms with Crippen LogP contribution in [0.15, 0.2) is 24.4 Å². The molecular formula is C9H6N2O2. The van der Waals surface area contributed by atoms with Gasteiger partial charge in [-0.3, -0.25) is 4.79 Å². The lowest BCUT2D eigenvalue weighted by molar-refractivity contribution is 0.111. The monoisotopic (exact) mass is 174 g/mol. The van der Waals surface area contributed by atoms with Crippen molar-refractivity contribution in [3.8, 4) is 5.75 Å². The van der Waals surface area contributed by atoms with Crippen LogP contribution in [0.1, 0.15) is 10.6 Å². The second kappa shape index (κ2) is 2.82. The predicted molar refractivity (Wildman–Crippen MR) is 46.6 cm³/mol. The van der Waals surface area contributed by atoms with Gasteiger partial charge in [0.1, 0.15) is 11.3 Å². The fourth-order valence-electron chi connectivity index (χ4n) is 1.11. The van der Waals surface area contributed by atoms with E-state index in [1.54, 1.807) is 12.1 Å². The Hall–Kier alpha value is -1.97. The summed E-state index contributed by atoms with van der Waals surface area (Å²) in [5, 5.41) is 10.1. The molecule has 0 fully saturated rings. The number of hydrogen-bond acceptors (Lipinski definition) is 4. The zero-order valence-electron chi connectivity index (χ0n) is 6.64. The molecule has 4 heteroatoms. The largest absolute Gasteiger partial charge is 0.506 e. The van der Waals surface area contributed by atoms with E-state index in [0.717, 1.165) is 0 Å². The average Bonchev–Trinajstić information content (AvgIpc) is 2.18. The molecule has 4 nitrogen and oxygen atoms in total. The Kier molecular flexibility index (Phi) is 1.66. The summed E-state index contributed by atoms with van der Waals surface area (Å²) in [5.74, 6) is 0.136. The van der Waals surface area contributed by atoms with Gasteiger partial charge in [-0.05, 0) is 6.07 Å². The number of phenols is 1. The number of benzene rings is 1. The highest BCUT2D eigenvalue weighted by Crippen LogP contribution is 2.20. The summed E-state index contributed by atoms with van der Waals surface area (Å²) in [4.78, 5) is 18.0. The maximum absolute atomic E-state index is 10.4. The average molecular weight is 174 g/mol. The zero-order valence-corrected chi connectivity index (χ0v) is 6.64. The molecule has 0 aliphatic rings. The normalized spacial score (nSPS) is 10.2. The highest BCUT2D eigenvalue weighted by Gasteiger charge is 2.01. The molecule has 1 N–H and O–H groups in total. The SMILES string of the molecule is O=Cc1ncc2cccc(O)c2n1. The van der Waals surface area contributed by atoms with Crippen molar-refractivity contribution in [3.63, 3.8) is 0 Å². The third-order valence-corrected chi connectivity index (χ3v) is 1.71. The molecule has 0 amide bonds. The van der Waals surface area contributed by atoms with E-state index in [9.17, 15) is 9.90 Å². The molecule has 0 aliphatic carbocycles. The zero-order chi connectivity index (χ0) is 9.26. The molecule has 0 aliphatic heterocycles. The molecule has 0 unspecified atom stereocenters. The first-order valence-corrected chi connectivity index (χ1v) is 3.71. The van der Waals surface area contributed by atoms with E-state index in [-0.39, 0.29) is 11.6 Å². The lowest BCUT2D eigenvalue weighted by atomic mass is 10.2. The smallest absolute Gasteiger partial charge is 0.193 e. The summed E-state index contributed by atoms with van der Waals surface area (Å²) in [6, 6.07) is 4.98. The summed E-state index contributed by atoms with van der Waals surface area (Å²) >= 11 is 0. The van der Waals surface area contributed by atoms with Crippen LogP contribution >= 0.6 is 0 Å². The molecule has 13 heavy (non-hydrogen) atoms. The number of carbonyl (C=O) groups excluding carboxylic acids is 1. The van der Waals surface area contributed by atoms with Crippen LogP contribution in [0.5, 0.6) is 5.75 Å². The Bertz CT molecular complexity index is 468. The predicted octanol–water partition coefficient (Wildman–Crippen LogP) is 1.15. The van der Waals surface area contributed by atoms with Crippen molar-refractivity contribution in [2.45, 2.75) is 0 Å². The molecule has 2 aromatic rings. The summed E-state index contributed by atoms with van der Waals surface area (Å²) in [7, 11) is 0. The lowest BCUT2D eigenvalue weighted by Crippen LogP contribution is -1.92. The minimum absolute atomic E-state index is 0.0583. The van der Waals surface area contributed by atoms with Crippen LogP contribution in [0.4, 0.5) is 0 Å². The number of aromatic hydroxyl groups is 1. The fourth-order valence-corrected chi connectivity index (χ4v) is 1.11. The first-order chi connectivity index (χ1) is 6.31. The molecule has 2 rings (SSSR count). The van der Waals surface area contributed by atoms with Crippen LogP contribution in [0.2, 0.25) is 0 Å². The highest BCUT2D eigenvalue weighted by atomic mass is 16.3. The third-order valence-electron chi connectivity index (χ3n) is 1.71. The number of aldehydes is 1. The number of fused-ring (bicyclic) bond motifs is 1. The number of carbonyl (C=O) groups is 1. The Morgan fingerprint density at radius 3 is 3.00 bits per heavy atom. The van der Waals surface area contributed by atoms with Crippen molar-refractivity contribution in [2.24, 2.45) is 0 Å². The minimum Gasteiger partial charge on any atom is -0.506 e. The first kappa shape index (κ1) is 7.67. The van der Waals surface area contributed by atoms with E-state index in [0.29, 0.717) is 17.2 Å². The van der Waals surface area contributed by atoms with E-state index < -0.39 is 0 Å². The van der Waals surface area contributed by atoms with Gasteiger partial charge in [0, 0.05) is 11.6 Å². The van der Waals surface area contributed by atoms with Crippen molar-refractivity contribution in [1.82, 2.24) is 9.97 Å². The van der Waals surface area contributed by atoms with Gasteiger partial charge in [0.2, 0.25) is 0 Å². The van der Waals surface area contributed by atoms with Gasteiger partial charge >= 0.3 is 0 Å². The Labute approximate surface area is 73.9 Å². The van der Waals surface area contributed by atoms with Crippen molar-refractivity contribution in [1.29, 1.82) is 0 Å². The van der Waals surface area contributed by atoms with Crippen molar-refractivity contribution in [2.75, 3.05) is 0 Å². The van der Waals surface area contributed by atoms with Crippen LogP contribution in [-0.2, 0) is 0 Å². The van der Waals surface area contributed by atoms with Crippen molar-refractivity contribution >= 4 is 17.2 Å². The number of nitrogens with zero attached hydrogens (tertiary/aromatic N) is 2. The maximum Gasteiger partial charge on any atom is 0.193 e. The standard InChI is InChI=1S/C9H6N2O2/c12-5-8-10-4-6-2-1-3-7(13)9(6)11-8/h1-5,13H. The van der Waals surface area contributed by atoms with Gasteiger partial charge < -0.3 is 5.11 Å². The summed E-state index contributed by atoms with van der Waals surface area (Å²) in [6.07, 6.45) is 2.05. The van der Waals surface area contributed by atoms with Crippen molar-refractivity contribution < 1.29 is 9.90 Å². The number of para-hydroxylation sites is 1. The Morgan fingerprint density at radius 2 is 2.23 bits per heavy atom. The number of rotatable bonds is 1. The molecule has 0 saturated carbocycles. The van der Waals surface area contributed by atoms with Crippen LogP contribution in [0.3, 0.4) is 0 Å². The Morgan fingerprint density at radius 1 is 1.38 bits per heavy atom. The molecule has 1 heterocycles. The molecule has 64 valence electrons. The number of phenolic OH excluding ortho intramolecular Hbond substituents is 1. The van der Waals surface area contributed by atoms with Crippen LogP contribution in [-0.4, -0.2) is 21.4 Å². The van der Waals surface area contributed by atoms with Gasteiger partial charge in [-0.1, -0.05) is 12.1 Å². The number of aromatic nitrogens is 2. The van der Waals surface area contributed by atoms with Crippen LogP contribution in [0, 0.1) is 0 Å². The summed E-state index contributed by atoms with van der Waals surface area (Å²) < 4.78 is 0. The van der Waals surface area contributed by atoms with Gasteiger partial charge in [-0.2, -0.15) is 0 Å². The second-order valence-electron chi connectivity index (χ2n) is 2.56. The molecule has 0 radical (unpaired) electrons. The second-order valence-corrected chi connectivity index (χ2v) is 2.56. The maximum atomic E-state index is 10.4. The van der Waals surface area contributed by atoms with Gasteiger partial charge in [0.05, 0.1) is 0 Å². The van der Waals surface area contributed by atoms with E-state index in [1.807, 2.05) is 0 Å². The first-order valence-electron chi connectivity index (χ1n) is 3.71. The summed E-state index contributed by atoms with van der Waals surface area (Å²) in [5.41, 5.74) is 0.402. The molecule has 1 aromatic carbocycles.